The van der Waals surface area contributed by atoms with Crippen molar-refractivity contribution in [3.05, 3.63) is 40.3 Å². The van der Waals surface area contributed by atoms with Crippen molar-refractivity contribution < 1.29 is 9.53 Å². The molecule has 2 atom stereocenters. The smallest absolute Gasteiger partial charge is 0.275 e. The zero-order chi connectivity index (χ0) is 18.1. The molecule has 3 rings (SSSR count). The summed E-state index contributed by atoms with van der Waals surface area (Å²) in [5.74, 6) is 0.119. The third kappa shape index (κ3) is 3.58. The second-order valence-electron chi connectivity index (χ2n) is 7.24. The number of nitrogens with zero attached hydrogens (tertiary/aromatic N) is 3. The number of rotatable bonds is 3. The summed E-state index contributed by atoms with van der Waals surface area (Å²) in [6, 6.07) is 7.20. The van der Waals surface area contributed by atoms with Crippen LogP contribution >= 0.6 is 0 Å². The van der Waals surface area contributed by atoms with Crippen LogP contribution in [0.3, 0.4) is 0 Å². The number of morpholine rings is 1. The van der Waals surface area contributed by atoms with Crippen LogP contribution in [0, 0.1) is 5.92 Å². The third-order valence-corrected chi connectivity index (χ3v) is 4.32. The van der Waals surface area contributed by atoms with Gasteiger partial charge in [-0.1, -0.05) is 32.0 Å². The largest absolute Gasteiger partial charge is 0.372 e. The second-order valence-corrected chi connectivity index (χ2v) is 7.24. The van der Waals surface area contributed by atoms with Gasteiger partial charge in [0.2, 0.25) is 0 Å². The molecule has 134 valence electrons. The third-order valence-electron chi connectivity index (χ3n) is 4.32. The first-order chi connectivity index (χ1) is 11.9. The van der Waals surface area contributed by atoms with E-state index < -0.39 is 0 Å². The molecule has 0 bridgehead atoms. The predicted molar refractivity (Wildman–Crippen MR) is 96.8 cm³/mol. The van der Waals surface area contributed by atoms with Gasteiger partial charge in [0.05, 0.1) is 17.6 Å². The number of benzene rings is 1. The lowest BCUT2D eigenvalue weighted by Gasteiger charge is -2.35. The van der Waals surface area contributed by atoms with Crippen molar-refractivity contribution in [2.45, 2.75) is 46.4 Å². The lowest BCUT2D eigenvalue weighted by atomic mass is 10.1. The first-order valence-electron chi connectivity index (χ1n) is 8.81. The summed E-state index contributed by atoms with van der Waals surface area (Å²) in [5, 5.41) is 5.59. The van der Waals surface area contributed by atoms with Gasteiger partial charge in [-0.3, -0.25) is 9.59 Å². The zero-order valence-corrected chi connectivity index (χ0v) is 15.2. The Morgan fingerprint density at radius 1 is 1.20 bits per heavy atom. The highest BCUT2D eigenvalue weighted by Crippen LogP contribution is 2.19. The van der Waals surface area contributed by atoms with Crippen molar-refractivity contribution in [2.75, 3.05) is 13.1 Å². The number of fused-ring (bicyclic) bond motifs is 1. The van der Waals surface area contributed by atoms with Crippen molar-refractivity contribution in [3.63, 3.8) is 0 Å². The molecule has 2 heterocycles. The molecule has 0 saturated carbocycles. The summed E-state index contributed by atoms with van der Waals surface area (Å²) in [7, 11) is 0. The highest BCUT2D eigenvalue weighted by Gasteiger charge is 2.29. The maximum atomic E-state index is 13.1. The number of hydrogen-bond acceptors (Lipinski definition) is 4. The lowest BCUT2D eigenvalue weighted by Crippen LogP contribution is -2.48. The van der Waals surface area contributed by atoms with E-state index in [4.69, 9.17) is 4.74 Å². The first kappa shape index (κ1) is 17.6. The van der Waals surface area contributed by atoms with Gasteiger partial charge in [-0.25, -0.2) is 4.68 Å². The Balaban J connectivity index is 2.09. The fourth-order valence-electron chi connectivity index (χ4n) is 3.36. The number of aromatic nitrogens is 2. The minimum atomic E-state index is -0.149. The number of carbonyl (C=O) groups excluding carboxylic acids is 1. The van der Waals surface area contributed by atoms with E-state index in [0.717, 1.165) is 0 Å². The van der Waals surface area contributed by atoms with Gasteiger partial charge in [-0.2, -0.15) is 5.10 Å². The van der Waals surface area contributed by atoms with Crippen molar-refractivity contribution in [3.8, 4) is 0 Å². The van der Waals surface area contributed by atoms with E-state index in [9.17, 15) is 9.59 Å². The van der Waals surface area contributed by atoms with E-state index in [1.807, 2.05) is 39.8 Å². The quantitative estimate of drug-likeness (QED) is 0.858. The van der Waals surface area contributed by atoms with Crippen LogP contribution in [0.5, 0.6) is 0 Å². The van der Waals surface area contributed by atoms with Gasteiger partial charge in [0.25, 0.3) is 11.5 Å². The van der Waals surface area contributed by atoms with Crippen molar-refractivity contribution in [2.24, 2.45) is 5.92 Å². The van der Waals surface area contributed by atoms with Crippen LogP contribution < -0.4 is 5.56 Å². The van der Waals surface area contributed by atoms with E-state index in [-0.39, 0.29) is 29.6 Å². The van der Waals surface area contributed by atoms with Crippen LogP contribution in [0.2, 0.25) is 0 Å². The number of hydrogen-bond donors (Lipinski definition) is 0. The Labute approximate surface area is 147 Å². The Bertz CT molecular complexity index is 833. The fraction of sp³-hybridized carbons (Fsp3) is 0.526. The molecule has 1 amide bonds. The maximum Gasteiger partial charge on any atom is 0.275 e. The van der Waals surface area contributed by atoms with E-state index in [2.05, 4.69) is 5.10 Å². The lowest BCUT2D eigenvalue weighted by molar-refractivity contribution is -0.0587. The average Bonchev–Trinajstić information content (AvgIpc) is 2.55. The van der Waals surface area contributed by atoms with Gasteiger partial charge < -0.3 is 9.64 Å². The molecule has 2 unspecified atom stereocenters. The normalized spacial score (nSPS) is 21.1. The van der Waals surface area contributed by atoms with Gasteiger partial charge in [-0.05, 0) is 25.8 Å². The molecule has 1 aliphatic heterocycles. The van der Waals surface area contributed by atoms with E-state index in [0.29, 0.717) is 36.1 Å². The number of ether oxygens (including phenoxy) is 1. The summed E-state index contributed by atoms with van der Waals surface area (Å²) < 4.78 is 7.14. The molecule has 1 fully saturated rings. The van der Waals surface area contributed by atoms with Gasteiger partial charge in [0.1, 0.15) is 0 Å². The molecule has 1 aromatic carbocycles. The van der Waals surface area contributed by atoms with Gasteiger partial charge >= 0.3 is 0 Å². The topological polar surface area (TPSA) is 64.4 Å². The predicted octanol–water partition coefficient (Wildman–Crippen LogP) is 2.30. The van der Waals surface area contributed by atoms with Crippen LogP contribution in [0.4, 0.5) is 0 Å². The standard InChI is InChI=1S/C19H25N3O3/c1-12(2)9-22-18(23)16-8-6-5-7-15(16)17(20-22)19(24)21-10-13(3)25-14(4)11-21/h5-8,12-14H,9-11H2,1-4H3. The van der Waals surface area contributed by atoms with Crippen LogP contribution in [-0.4, -0.2) is 45.9 Å². The van der Waals surface area contributed by atoms with Crippen LogP contribution in [0.1, 0.15) is 38.2 Å². The molecular formula is C19H25N3O3. The van der Waals surface area contributed by atoms with Crippen LogP contribution in [-0.2, 0) is 11.3 Å². The molecule has 1 aliphatic rings. The molecule has 6 nitrogen and oxygen atoms in total. The maximum absolute atomic E-state index is 13.1. The Hall–Kier alpha value is -2.21. The molecule has 0 aliphatic carbocycles. The monoisotopic (exact) mass is 343 g/mol. The van der Waals surface area contributed by atoms with Crippen molar-refractivity contribution in [1.82, 2.24) is 14.7 Å². The van der Waals surface area contributed by atoms with E-state index >= 15 is 0 Å². The van der Waals surface area contributed by atoms with Gasteiger partial charge in [-0.15, -0.1) is 0 Å². The molecular weight excluding hydrogens is 318 g/mol. The summed E-state index contributed by atoms with van der Waals surface area (Å²) in [4.78, 5) is 27.6. The molecule has 2 aromatic rings. The minimum Gasteiger partial charge on any atom is -0.372 e. The van der Waals surface area contributed by atoms with Crippen molar-refractivity contribution >= 4 is 16.7 Å². The van der Waals surface area contributed by atoms with E-state index in [1.54, 1.807) is 17.0 Å². The molecule has 1 saturated heterocycles. The second kappa shape index (κ2) is 6.96. The SMILES string of the molecule is CC(C)Cn1nc(C(=O)N2CC(C)OC(C)C2)c2ccccc2c1=O. The fourth-order valence-corrected chi connectivity index (χ4v) is 3.36. The van der Waals surface area contributed by atoms with E-state index in [1.165, 1.54) is 4.68 Å². The highest BCUT2D eigenvalue weighted by atomic mass is 16.5. The Morgan fingerprint density at radius 3 is 2.40 bits per heavy atom. The molecule has 0 spiro atoms. The van der Waals surface area contributed by atoms with Gasteiger partial charge in [0, 0.05) is 25.0 Å². The van der Waals surface area contributed by atoms with Gasteiger partial charge in [0.15, 0.2) is 5.69 Å². The molecule has 6 heteroatoms. The number of amides is 1. The zero-order valence-electron chi connectivity index (χ0n) is 15.2. The Morgan fingerprint density at radius 2 is 1.80 bits per heavy atom. The molecule has 1 aromatic heterocycles. The highest BCUT2D eigenvalue weighted by molar-refractivity contribution is 6.04. The molecule has 0 N–H and O–H groups in total. The average molecular weight is 343 g/mol. The summed E-state index contributed by atoms with van der Waals surface area (Å²) in [5.41, 5.74) is 0.196. The summed E-state index contributed by atoms with van der Waals surface area (Å²) in [6.07, 6.45) is -0.0268. The summed E-state index contributed by atoms with van der Waals surface area (Å²) in [6.45, 7) is 9.51. The molecule has 25 heavy (non-hydrogen) atoms. The first-order valence-corrected chi connectivity index (χ1v) is 8.81. The van der Waals surface area contributed by atoms with Crippen molar-refractivity contribution in [1.29, 1.82) is 0 Å². The molecule has 0 radical (unpaired) electrons. The van der Waals surface area contributed by atoms with Crippen LogP contribution in [0.15, 0.2) is 29.1 Å². The number of carbonyl (C=O) groups is 1. The summed E-state index contributed by atoms with van der Waals surface area (Å²) >= 11 is 0. The minimum absolute atomic E-state index is 0.0134. The Kier molecular flexibility index (Phi) is 4.90. The van der Waals surface area contributed by atoms with Crippen LogP contribution in [0.25, 0.3) is 10.8 Å².